The summed E-state index contributed by atoms with van der Waals surface area (Å²) in [4.78, 5) is 10.2. The number of fused-ring (bicyclic) bond motifs is 1. The van der Waals surface area contributed by atoms with Crippen molar-refractivity contribution in [3.05, 3.63) is 71.5 Å². The number of carboxylic acids is 1. The summed E-state index contributed by atoms with van der Waals surface area (Å²) < 4.78 is 63.7. The molecule has 0 saturated heterocycles. The van der Waals surface area contributed by atoms with Crippen LogP contribution < -0.4 is 0 Å². The number of halogens is 3. The molecule has 1 N–H and O–H groups in total. The number of hydrogen-bond donors (Lipinski definition) is 1. The molecule has 6 nitrogen and oxygen atoms in total. The Bertz CT molecular complexity index is 1270. The standard InChI is InChI=1S/C14H11F3O2S.C10H14N2O2/c1-20(18,19)11-7-8-12(10-5-3-2-4-6-10)13(9-11)14(15,16)17;1-7-3-2-4-9-8(7)5-11-12(9)6-10(13)14/h2-9H,1H3;5,7H,2-4,6H2,1H3,(H,13,14). The Morgan fingerprint density at radius 2 is 1.85 bits per heavy atom. The average Bonchev–Trinajstić information content (AvgIpc) is 3.17. The number of rotatable bonds is 4. The molecule has 182 valence electrons. The maximum absolute atomic E-state index is 13.1. The summed E-state index contributed by atoms with van der Waals surface area (Å²) in [5, 5.41) is 12.8. The zero-order valence-electron chi connectivity index (χ0n) is 18.7. The lowest BCUT2D eigenvalue weighted by molar-refractivity contribution is -0.138. The number of hydrogen-bond acceptors (Lipinski definition) is 4. The SMILES string of the molecule is CC1CCCc2c1cnn2CC(=O)O.CS(=O)(=O)c1ccc(-c2ccccc2)c(C(F)(F)F)c1. The van der Waals surface area contributed by atoms with Crippen LogP contribution in [0.2, 0.25) is 0 Å². The second-order valence-corrected chi connectivity index (χ2v) is 10.3. The molecular weight excluding hydrogens is 469 g/mol. The highest BCUT2D eigenvalue weighted by Gasteiger charge is 2.34. The van der Waals surface area contributed by atoms with Gasteiger partial charge in [0.05, 0.1) is 16.7 Å². The quantitative estimate of drug-likeness (QED) is 0.540. The van der Waals surface area contributed by atoms with E-state index in [9.17, 15) is 26.4 Å². The molecule has 4 rings (SSSR count). The van der Waals surface area contributed by atoms with E-state index in [4.69, 9.17) is 5.11 Å². The molecule has 1 aliphatic carbocycles. The van der Waals surface area contributed by atoms with Crippen LogP contribution >= 0.6 is 0 Å². The van der Waals surface area contributed by atoms with Crippen LogP contribution in [0.4, 0.5) is 13.2 Å². The zero-order valence-corrected chi connectivity index (χ0v) is 19.5. The molecule has 0 aliphatic heterocycles. The van der Waals surface area contributed by atoms with E-state index in [2.05, 4.69) is 12.0 Å². The van der Waals surface area contributed by atoms with E-state index < -0.39 is 27.5 Å². The van der Waals surface area contributed by atoms with Crippen molar-refractivity contribution in [2.24, 2.45) is 0 Å². The summed E-state index contributed by atoms with van der Waals surface area (Å²) in [5.74, 6) is -0.296. The molecule has 1 aliphatic rings. The van der Waals surface area contributed by atoms with Gasteiger partial charge in [-0.1, -0.05) is 43.3 Å². The number of benzene rings is 2. The Labute approximate surface area is 196 Å². The third-order valence-electron chi connectivity index (χ3n) is 5.66. The molecule has 3 aromatic rings. The van der Waals surface area contributed by atoms with Crippen molar-refractivity contribution in [2.75, 3.05) is 6.26 Å². The summed E-state index contributed by atoms with van der Waals surface area (Å²) in [6, 6.07) is 11.1. The molecule has 1 heterocycles. The normalized spacial score (nSPS) is 15.7. The van der Waals surface area contributed by atoms with Gasteiger partial charge in [-0.05, 0) is 54.0 Å². The molecule has 0 radical (unpaired) electrons. The van der Waals surface area contributed by atoms with Gasteiger partial charge in [0, 0.05) is 11.9 Å². The fourth-order valence-electron chi connectivity index (χ4n) is 3.96. The highest BCUT2D eigenvalue weighted by atomic mass is 32.2. The third-order valence-corrected chi connectivity index (χ3v) is 6.77. The number of nitrogens with zero attached hydrogens (tertiary/aromatic N) is 2. The number of carbonyl (C=O) groups is 1. The Hall–Kier alpha value is -3.14. The van der Waals surface area contributed by atoms with Crippen molar-refractivity contribution >= 4 is 15.8 Å². The summed E-state index contributed by atoms with van der Waals surface area (Å²) in [6.07, 6.45) is 1.37. The first-order valence-corrected chi connectivity index (χ1v) is 12.5. The second kappa shape index (κ2) is 10.0. The van der Waals surface area contributed by atoms with Gasteiger partial charge in [-0.25, -0.2) is 8.42 Å². The minimum atomic E-state index is -4.62. The summed E-state index contributed by atoms with van der Waals surface area (Å²) >= 11 is 0. The number of carboxylic acid groups (broad SMARTS) is 1. The van der Waals surface area contributed by atoms with E-state index in [1.165, 1.54) is 24.1 Å². The number of aliphatic carboxylic acids is 1. The van der Waals surface area contributed by atoms with Crippen molar-refractivity contribution in [2.45, 2.75) is 49.7 Å². The topological polar surface area (TPSA) is 89.3 Å². The fourth-order valence-corrected chi connectivity index (χ4v) is 4.61. The van der Waals surface area contributed by atoms with Crippen LogP contribution in [0, 0.1) is 0 Å². The minimum absolute atomic E-state index is 0.0119. The largest absolute Gasteiger partial charge is 0.480 e. The van der Waals surface area contributed by atoms with E-state index >= 15 is 0 Å². The summed E-state index contributed by atoms with van der Waals surface area (Å²) in [6.45, 7) is 2.16. The van der Waals surface area contributed by atoms with E-state index in [0.29, 0.717) is 17.5 Å². The first-order chi connectivity index (χ1) is 15.9. The Kier molecular flexibility index (Phi) is 7.50. The fraction of sp³-hybridized carbons (Fsp3) is 0.333. The van der Waals surface area contributed by atoms with Gasteiger partial charge in [0.1, 0.15) is 6.54 Å². The van der Waals surface area contributed by atoms with Crippen LogP contribution in [0.3, 0.4) is 0 Å². The predicted molar refractivity (Wildman–Crippen MR) is 121 cm³/mol. The van der Waals surface area contributed by atoms with Gasteiger partial charge in [-0.3, -0.25) is 9.48 Å². The smallest absolute Gasteiger partial charge is 0.417 e. The van der Waals surface area contributed by atoms with Crippen LogP contribution in [0.25, 0.3) is 11.1 Å². The van der Waals surface area contributed by atoms with Crippen molar-refractivity contribution in [3.8, 4) is 11.1 Å². The molecule has 0 amide bonds. The molecule has 1 atom stereocenters. The van der Waals surface area contributed by atoms with Gasteiger partial charge >= 0.3 is 12.1 Å². The first-order valence-electron chi connectivity index (χ1n) is 10.6. The number of alkyl halides is 3. The minimum Gasteiger partial charge on any atom is -0.480 e. The van der Waals surface area contributed by atoms with Crippen LogP contribution in [-0.2, 0) is 33.8 Å². The van der Waals surface area contributed by atoms with Crippen LogP contribution in [0.5, 0.6) is 0 Å². The van der Waals surface area contributed by atoms with Gasteiger partial charge < -0.3 is 5.11 Å². The highest BCUT2D eigenvalue weighted by Crippen LogP contribution is 2.38. The number of aromatic nitrogens is 2. The van der Waals surface area contributed by atoms with E-state index in [0.717, 1.165) is 24.8 Å². The molecule has 0 spiro atoms. The highest BCUT2D eigenvalue weighted by molar-refractivity contribution is 7.90. The lowest BCUT2D eigenvalue weighted by atomic mass is 9.89. The molecule has 0 bridgehead atoms. The van der Waals surface area contributed by atoms with E-state index in [-0.39, 0.29) is 17.0 Å². The molecule has 1 aromatic heterocycles. The Morgan fingerprint density at radius 1 is 1.18 bits per heavy atom. The van der Waals surface area contributed by atoms with Gasteiger partial charge in [0.2, 0.25) is 0 Å². The van der Waals surface area contributed by atoms with E-state index in [1.54, 1.807) is 35.0 Å². The molecule has 10 heteroatoms. The van der Waals surface area contributed by atoms with Gasteiger partial charge in [-0.2, -0.15) is 18.3 Å². The van der Waals surface area contributed by atoms with Crippen molar-refractivity contribution in [1.29, 1.82) is 0 Å². The first kappa shape index (κ1) is 25.5. The monoisotopic (exact) mass is 494 g/mol. The Balaban J connectivity index is 0.000000202. The molecule has 34 heavy (non-hydrogen) atoms. The van der Waals surface area contributed by atoms with E-state index in [1.807, 2.05) is 6.20 Å². The summed E-state index contributed by atoms with van der Waals surface area (Å²) in [5.41, 5.74) is 1.75. The molecular formula is C24H25F3N2O4S. The zero-order chi connectivity index (χ0) is 25.1. The third kappa shape index (κ3) is 6.05. The van der Waals surface area contributed by atoms with Crippen LogP contribution in [0.1, 0.15) is 42.5 Å². The van der Waals surface area contributed by atoms with Crippen LogP contribution in [-0.4, -0.2) is 35.5 Å². The Morgan fingerprint density at radius 3 is 2.44 bits per heavy atom. The van der Waals surface area contributed by atoms with Crippen LogP contribution in [0.15, 0.2) is 59.6 Å². The van der Waals surface area contributed by atoms with Crippen molar-refractivity contribution in [1.82, 2.24) is 9.78 Å². The van der Waals surface area contributed by atoms with Gasteiger partial charge in [0.15, 0.2) is 9.84 Å². The lowest BCUT2D eigenvalue weighted by Crippen LogP contribution is -2.16. The van der Waals surface area contributed by atoms with Crippen molar-refractivity contribution in [3.63, 3.8) is 0 Å². The maximum atomic E-state index is 13.1. The van der Waals surface area contributed by atoms with Crippen molar-refractivity contribution < 1.29 is 31.5 Å². The predicted octanol–water partition coefficient (Wildman–Crippen LogP) is 5.18. The second-order valence-electron chi connectivity index (χ2n) is 8.23. The van der Waals surface area contributed by atoms with Gasteiger partial charge in [-0.15, -0.1) is 0 Å². The lowest BCUT2D eigenvalue weighted by Gasteiger charge is -2.18. The molecule has 0 fully saturated rings. The van der Waals surface area contributed by atoms with Gasteiger partial charge in [0.25, 0.3) is 0 Å². The maximum Gasteiger partial charge on any atom is 0.417 e. The number of sulfone groups is 1. The molecule has 0 saturated carbocycles. The molecule has 1 unspecified atom stereocenters. The average molecular weight is 495 g/mol. The molecule has 2 aromatic carbocycles. The summed E-state index contributed by atoms with van der Waals surface area (Å²) in [7, 11) is -3.68.